The lowest BCUT2D eigenvalue weighted by atomic mass is 10.2. The van der Waals surface area contributed by atoms with E-state index in [2.05, 4.69) is 5.10 Å². The van der Waals surface area contributed by atoms with Crippen LogP contribution in [0.15, 0.2) is 48.7 Å². The molecule has 0 saturated heterocycles. The third kappa shape index (κ3) is 2.11. The van der Waals surface area contributed by atoms with E-state index < -0.39 is 16.4 Å². The molecule has 0 fully saturated rings. The number of para-hydroxylation sites is 1. The number of rotatable bonds is 3. The van der Waals surface area contributed by atoms with Gasteiger partial charge >= 0.3 is 5.69 Å². The number of nitro groups is 1. The summed E-state index contributed by atoms with van der Waals surface area (Å²) in [5.41, 5.74) is 1.05. The maximum Gasteiger partial charge on any atom is 0.304 e. The van der Waals surface area contributed by atoms with Gasteiger partial charge in [0.05, 0.1) is 23.2 Å². The van der Waals surface area contributed by atoms with E-state index >= 15 is 0 Å². The summed E-state index contributed by atoms with van der Waals surface area (Å²) in [5, 5.41) is 15.8. The molecule has 0 aliphatic rings. The molecule has 6 heteroatoms. The van der Waals surface area contributed by atoms with Gasteiger partial charge in [-0.2, -0.15) is 9.49 Å². The normalized spacial score (nSPS) is 10.8. The van der Waals surface area contributed by atoms with Crippen molar-refractivity contribution in [3.05, 3.63) is 70.2 Å². The molecule has 0 N–H and O–H groups in total. The first-order valence-electron chi connectivity index (χ1n) is 5.98. The van der Waals surface area contributed by atoms with Crippen LogP contribution in [-0.4, -0.2) is 14.7 Å². The van der Waals surface area contributed by atoms with Crippen LogP contribution in [0, 0.1) is 15.9 Å². The van der Waals surface area contributed by atoms with Gasteiger partial charge in [-0.15, -0.1) is 0 Å². The summed E-state index contributed by atoms with van der Waals surface area (Å²) in [6, 6.07) is 11.6. The Hall–Kier alpha value is -2.76. The van der Waals surface area contributed by atoms with Crippen LogP contribution in [-0.2, 0) is 6.54 Å². The molecule has 0 aliphatic heterocycles. The number of halogens is 1. The highest BCUT2D eigenvalue weighted by Crippen LogP contribution is 2.20. The van der Waals surface area contributed by atoms with E-state index in [-0.39, 0.29) is 0 Å². The molecule has 0 bridgehead atoms. The van der Waals surface area contributed by atoms with Crippen molar-refractivity contribution in [2.45, 2.75) is 6.54 Å². The Balaban J connectivity index is 1.95. The van der Waals surface area contributed by atoms with Crippen LogP contribution >= 0.6 is 0 Å². The fraction of sp³-hybridized carbons (Fsp3) is 0.0714. The number of aromatic nitrogens is 2. The van der Waals surface area contributed by atoms with Crippen molar-refractivity contribution < 1.29 is 9.31 Å². The Kier molecular flexibility index (Phi) is 2.90. The third-order valence-electron chi connectivity index (χ3n) is 3.09. The molecule has 3 aromatic rings. The SMILES string of the molecule is O=[N+]([O-])c1ccc(Cn2ncc3ccccc32)cc1F. The Labute approximate surface area is 113 Å². The molecule has 100 valence electrons. The molecule has 0 aliphatic carbocycles. The summed E-state index contributed by atoms with van der Waals surface area (Å²) >= 11 is 0. The molecule has 0 unspecified atom stereocenters. The quantitative estimate of drug-likeness (QED) is 0.543. The monoisotopic (exact) mass is 271 g/mol. The summed E-state index contributed by atoms with van der Waals surface area (Å²) in [7, 11) is 0. The van der Waals surface area contributed by atoms with Gasteiger partial charge in [-0.1, -0.05) is 24.3 Å². The number of hydrogen-bond donors (Lipinski definition) is 0. The predicted octanol–water partition coefficient (Wildman–Crippen LogP) is 3.13. The molecule has 0 amide bonds. The summed E-state index contributed by atoms with van der Waals surface area (Å²) < 4.78 is 15.3. The van der Waals surface area contributed by atoms with E-state index in [1.165, 1.54) is 18.2 Å². The van der Waals surface area contributed by atoms with Gasteiger partial charge in [0, 0.05) is 11.5 Å². The van der Waals surface area contributed by atoms with Crippen LogP contribution in [0.25, 0.3) is 10.9 Å². The van der Waals surface area contributed by atoms with Gasteiger partial charge in [0.15, 0.2) is 0 Å². The Morgan fingerprint density at radius 1 is 1.25 bits per heavy atom. The zero-order valence-electron chi connectivity index (χ0n) is 10.4. The average Bonchev–Trinajstić information content (AvgIpc) is 2.82. The smallest absolute Gasteiger partial charge is 0.260 e. The number of nitro benzene ring substituents is 1. The Morgan fingerprint density at radius 2 is 2.05 bits per heavy atom. The zero-order valence-corrected chi connectivity index (χ0v) is 10.4. The zero-order chi connectivity index (χ0) is 14.1. The summed E-state index contributed by atoms with van der Waals surface area (Å²) in [5.74, 6) is -0.830. The number of benzene rings is 2. The van der Waals surface area contributed by atoms with Crippen LogP contribution in [0.3, 0.4) is 0 Å². The van der Waals surface area contributed by atoms with Gasteiger partial charge in [0.1, 0.15) is 0 Å². The first kappa shape index (κ1) is 12.3. The second kappa shape index (κ2) is 4.73. The van der Waals surface area contributed by atoms with E-state index in [0.29, 0.717) is 12.1 Å². The first-order valence-corrected chi connectivity index (χ1v) is 5.98. The highest BCUT2D eigenvalue weighted by Gasteiger charge is 2.14. The van der Waals surface area contributed by atoms with Gasteiger partial charge in [0.2, 0.25) is 5.82 Å². The Bertz CT molecular complexity index is 798. The second-order valence-electron chi connectivity index (χ2n) is 4.40. The average molecular weight is 271 g/mol. The van der Waals surface area contributed by atoms with E-state index in [1.807, 2.05) is 24.3 Å². The lowest BCUT2D eigenvalue weighted by Crippen LogP contribution is -2.02. The molecule has 3 rings (SSSR count). The van der Waals surface area contributed by atoms with Crippen LogP contribution < -0.4 is 0 Å². The summed E-state index contributed by atoms with van der Waals surface area (Å²) in [6.07, 6.45) is 1.73. The maximum absolute atomic E-state index is 13.6. The molecular formula is C14H10FN3O2. The topological polar surface area (TPSA) is 61.0 Å². The van der Waals surface area contributed by atoms with Gasteiger partial charge < -0.3 is 0 Å². The van der Waals surface area contributed by atoms with Crippen molar-refractivity contribution in [2.75, 3.05) is 0 Å². The highest BCUT2D eigenvalue weighted by molar-refractivity contribution is 5.78. The number of hydrogen-bond acceptors (Lipinski definition) is 3. The maximum atomic E-state index is 13.6. The minimum atomic E-state index is -0.830. The molecule has 20 heavy (non-hydrogen) atoms. The lowest BCUT2D eigenvalue weighted by Gasteiger charge is -2.04. The molecule has 0 saturated carbocycles. The van der Waals surface area contributed by atoms with Crippen molar-refractivity contribution in [3.63, 3.8) is 0 Å². The summed E-state index contributed by atoms with van der Waals surface area (Å²) in [6.45, 7) is 0.364. The number of fused-ring (bicyclic) bond motifs is 1. The van der Waals surface area contributed by atoms with Gasteiger partial charge in [-0.3, -0.25) is 14.8 Å². The van der Waals surface area contributed by atoms with Crippen molar-refractivity contribution in [2.24, 2.45) is 0 Å². The lowest BCUT2D eigenvalue weighted by molar-refractivity contribution is -0.387. The van der Waals surface area contributed by atoms with Crippen molar-refractivity contribution in [1.82, 2.24) is 9.78 Å². The fourth-order valence-corrected chi connectivity index (χ4v) is 2.12. The van der Waals surface area contributed by atoms with Crippen LogP contribution in [0.1, 0.15) is 5.56 Å². The van der Waals surface area contributed by atoms with Crippen molar-refractivity contribution >= 4 is 16.6 Å². The minimum absolute atomic E-state index is 0.364. The number of nitrogens with zero attached hydrogens (tertiary/aromatic N) is 3. The highest BCUT2D eigenvalue weighted by atomic mass is 19.1. The largest absolute Gasteiger partial charge is 0.304 e. The summed E-state index contributed by atoms with van der Waals surface area (Å²) in [4.78, 5) is 9.84. The second-order valence-corrected chi connectivity index (χ2v) is 4.40. The van der Waals surface area contributed by atoms with Gasteiger partial charge in [-0.25, -0.2) is 0 Å². The van der Waals surface area contributed by atoms with Crippen LogP contribution in [0.4, 0.5) is 10.1 Å². The fourth-order valence-electron chi connectivity index (χ4n) is 2.12. The molecule has 0 radical (unpaired) electrons. The van der Waals surface area contributed by atoms with Crippen LogP contribution in [0.2, 0.25) is 0 Å². The third-order valence-corrected chi connectivity index (χ3v) is 3.09. The molecule has 0 spiro atoms. The van der Waals surface area contributed by atoms with E-state index in [4.69, 9.17) is 0 Å². The van der Waals surface area contributed by atoms with E-state index in [9.17, 15) is 14.5 Å². The van der Waals surface area contributed by atoms with Crippen molar-refractivity contribution in [1.29, 1.82) is 0 Å². The minimum Gasteiger partial charge on any atom is -0.260 e. The first-order chi connectivity index (χ1) is 9.65. The molecular weight excluding hydrogens is 261 g/mol. The van der Waals surface area contributed by atoms with E-state index in [1.54, 1.807) is 10.9 Å². The van der Waals surface area contributed by atoms with Crippen LogP contribution in [0.5, 0.6) is 0 Å². The van der Waals surface area contributed by atoms with Gasteiger partial charge in [0.25, 0.3) is 0 Å². The molecule has 5 nitrogen and oxygen atoms in total. The molecule has 1 aromatic heterocycles. The van der Waals surface area contributed by atoms with E-state index in [0.717, 1.165) is 10.9 Å². The predicted molar refractivity (Wildman–Crippen MR) is 71.9 cm³/mol. The standard InChI is InChI=1S/C14H10FN3O2/c15-12-7-10(5-6-14(12)18(19)20)9-17-13-4-2-1-3-11(13)8-16-17/h1-8H,9H2. The molecule has 2 aromatic carbocycles. The Morgan fingerprint density at radius 3 is 2.80 bits per heavy atom. The molecule has 1 heterocycles. The molecule has 0 atom stereocenters. The van der Waals surface area contributed by atoms with Crippen molar-refractivity contribution in [3.8, 4) is 0 Å². The van der Waals surface area contributed by atoms with Gasteiger partial charge in [-0.05, 0) is 17.7 Å².